The standard InChI is InChI=1S/C10H14N2O2/c1-2-12-6-8(5-9(13)14)10(11-12)7-3-4-7/h6-7H,2-5H2,1H3,(H,13,14). The molecule has 0 saturated heterocycles. The van der Waals surface area contributed by atoms with Crippen LogP contribution in [0.4, 0.5) is 0 Å². The quantitative estimate of drug-likeness (QED) is 0.788. The van der Waals surface area contributed by atoms with Crippen LogP contribution >= 0.6 is 0 Å². The number of carbonyl (C=O) groups is 1. The first-order valence-electron chi connectivity index (χ1n) is 4.98. The van der Waals surface area contributed by atoms with E-state index in [1.165, 1.54) is 0 Å². The zero-order valence-corrected chi connectivity index (χ0v) is 8.23. The maximum Gasteiger partial charge on any atom is 0.307 e. The number of carboxylic acid groups (broad SMARTS) is 1. The third-order valence-electron chi connectivity index (χ3n) is 2.50. The van der Waals surface area contributed by atoms with E-state index in [0.29, 0.717) is 5.92 Å². The summed E-state index contributed by atoms with van der Waals surface area (Å²) in [6.07, 6.45) is 4.29. The van der Waals surface area contributed by atoms with Crippen LogP contribution in [0.15, 0.2) is 6.20 Å². The van der Waals surface area contributed by atoms with Crippen LogP contribution in [0, 0.1) is 0 Å². The summed E-state index contributed by atoms with van der Waals surface area (Å²) in [4.78, 5) is 10.6. The van der Waals surface area contributed by atoms with Gasteiger partial charge < -0.3 is 5.11 Å². The molecule has 1 aromatic rings. The molecule has 0 aliphatic heterocycles. The summed E-state index contributed by atoms with van der Waals surface area (Å²) in [6, 6.07) is 0. The fourth-order valence-corrected chi connectivity index (χ4v) is 1.64. The van der Waals surface area contributed by atoms with Crippen molar-refractivity contribution in [2.75, 3.05) is 0 Å². The van der Waals surface area contributed by atoms with E-state index < -0.39 is 5.97 Å². The number of aliphatic carboxylic acids is 1. The van der Waals surface area contributed by atoms with Crippen LogP contribution < -0.4 is 0 Å². The monoisotopic (exact) mass is 194 g/mol. The van der Waals surface area contributed by atoms with Crippen molar-refractivity contribution in [1.82, 2.24) is 9.78 Å². The molecule has 0 radical (unpaired) electrons. The van der Waals surface area contributed by atoms with Crippen LogP contribution in [-0.2, 0) is 17.8 Å². The van der Waals surface area contributed by atoms with Crippen LogP contribution in [-0.4, -0.2) is 20.9 Å². The molecule has 0 spiro atoms. The lowest BCUT2D eigenvalue weighted by atomic mass is 10.1. The number of nitrogens with zero attached hydrogens (tertiary/aromatic N) is 2. The van der Waals surface area contributed by atoms with Gasteiger partial charge in [-0.2, -0.15) is 5.10 Å². The maximum absolute atomic E-state index is 10.6. The van der Waals surface area contributed by atoms with Gasteiger partial charge in [0, 0.05) is 24.2 Å². The summed E-state index contributed by atoms with van der Waals surface area (Å²) < 4.78 is 1.83. The zero-order valence-electron chi connectivity index (χ0n) is 8.23. The van der Waals surface area contributed by atoms with Crippen LogP contribution in [0.5, 0.6) is 0 Å². The molecular weight excluding hydrogens is 180 g/mol. The molecule has 0 atom stereocenters. The molecular formula is C10H14N2O2. The van der Waals surface area contributed by atoms with Gasteiger partial charge in [0.1, 0.15) is 0 Å². The first-order chi connectivity index (χ1) is 6.70. The van der Waals surface area contributed by atoms with Gasteiger partial charge in [-0.25, -0.2) is 0 Å². The van der Waals surface area contributed by atoms with E-state index in [1.54, 1.807) is 0 Å². The van der Waals surface area contributed by atoms with Gasteiger partial charge in [-0.1, -0.05) is 0 Å². The van der Waals surface area contributed by atoms with E-state index >= 15 is 0 Å². The second-order valence-corrected chi connectivity index (χ2v) is 3.74. The Morgan fingerprint density at radius 3 is 2.93 bits per heavy atom. The number of aromatic nitrogens is 2. The van der Waals surface area contributed by atoms with Crippen molar-refractivity contribution < 1.29 is 9.90 Å². The number of aryl methyl sites for hydroxylation is 1. The van der Waals surface area contributed by atoms with Gasteiger partial charge >= 0.3 is 5.97 Å². The summed E-state index contributed by atoms with van der Waals surface area (Å²) in [5, 5.41) is 13.1. The largest absolute Gasteiger partial charge is 0.481 e. The molecule has 1 heterocycles. The van der Waals surface area contributed by atoms with Gasteiger partial charge in [0.2, 0.25) is 0 Å². The molecule has 14 heavy (non-hydrogen) atoms. The van der Waals surface area contributed by atoms with Crippen LogP contribution in [0.3, 0.4) is 0 Å². The number of hydrogen-bond donors (Lipinski definition) is 1. The summed E-state index contributed by atoms with van der Waals surface area (Å²) in [6.45, 7) is 2.81. The van der Waals surface area contributed by atoms with Gasteiger partial charge in [0.15, 0.2) is 0 Å². The Balaban J connectivity index is 2.25. The molecule has 0 amide bonds. The minimum absolute atomic E-state index is 0.103. The van der Waals surface area contributed by atoms with Crippen LogP contribution in [0.25, 0.3) is 0 Å². The highest BCUT2D eigenvalue weighted by Gasteiger charge is 2.29. The second kappa shape index (κ2) is 3.44. The minimum atomic E-state index is -0.775. The molecule has 1 aliphatic carbocycles. The Morgan fingerprint density at radius 1 is 1.71 bits per heavy atom. The Morgan fingerprint density at radius 2 is 2.43 bits per heavy atom. The lowest BCUT2D eigenvalue weighted by molar-refractivity contribution is -0.136. The molecule has 4 heteroatoms. The average molecular weight is 194 g/mol. The summed E-state index contributed by atoms with van der Waals surface area (Å²) >= 11 is 0. The van der Waals surface area contributed by atoms with Gasteiger partial charge in [0.05, 0.1) is 12.1 Å². The summed E-state index contributed by atoms with van der Waals surface area (Å²) in [5.41, 5.74) is 1.90. The second-order valence-electron chi connectivity index (χ2n) is 3.74. The lowest BCUT2D eigenvalue weighted by Gasteiger charge is -1.94. The summed E-state index contributed by atoms with van der Waals surface area (Å²) in [5.74, 6) is -0.250. The molecule has 1 aromatic heterocycles. The normalized spacial score (nSPS) is 15.8. The molecule has 1 N–H and O–H groups in total. The predicted molar refractivity (Wildman–Crippen MR) is 51.2 cm³/mol. The molecule has 2 rings (SSSR count). The van der Waals surface area contributed by atoms with Gasteiger partial charge in [-0.15, -0.1) is 0 Å². The third-order valence-corrected chi connectivity index (χ3v) is 2.50. The number of carboxylic acids is 1. The van der Waals surface area contributed by atoms with Gasteiger partial charge in [-0.05, 0) is 19.8 Å². The first-order valence-corrected chi connectivity index (χ1v) is 4.98. The lowest BCUT2D eigenvalue weighted by Crippen LogP contribution is -2.01. The Labute approximate surface area is 82.5 Å². The molecule has 4 nitrogen and oxygen atoms in total. The van der Waals surface area contributed by atoms with Crippen LogP contribution in [0.1, 0.15) is 36.9 Å². The molecule has 0 unspecified atom stereocenters. The molecule has 76 valence electrons. The van der Waals surface area contributed by atoms with Gasteiger partial charge in [-0.3, -0.25) is 9.48 Å². The van der Waals surface area contributed by atoms with Crippen molar-refractivity contribution in [3.8, 4) is 0 Å². The fraction of sp³-hybridized carbons (Fsp3) is 0.600. The highest BCUT2D eigenvalue weighted by Crippen LogP contribution is 2.40. The SMILES string of the molecule is CCn1cc(CC(=O)O)c(C2CC2)n1. The topological polar surface area (TPSA) is 55.1 Å². The van der Waals surface area contributed by atoms with E-state index in [4.69, 9.17) is 5.11 Å². The average Bonchev–Trinajstić information content (AvgIpc) is 2.88. The van der Waals surface area contributed by atoms with E-state index in [2.05, 4.69) is 5.10 Å². The molecule has 0 bridgehead atoms. The van der Waals surface area contributed by atoms with Crippen LogP contribution in [0.2, 0.25) is 0 Å². The minimum Gasteiger partial charge on any atom is -0.481 e. The molecule has 1 saturated carbocycles. The molecule has 1 fully saturated rings. The van der Waals surface area contributed by atoms with Crippen molar-refractivity contribution in [2.24, 2.45) is 0 Å². The predicted octanol–water partition coefficient (Wildman–Crippen LogP) is 1.41. The van der Waals surface area contributed by atoms with Crippen molar-refractivity contribution in [3.63, 3.8) is 0 Å². The highest BCUT2D eigenvalue weighted by atomic mass is 16.4. The van der Waals surface area contributed by atoms with Crippen molar-refractivity contribution in [3.05, 3.63) is 17.5 Å². The highest BCUT2D eigenvalue weighted by molar-refractivity contribution is 5.70. The fourth-order valence-electron chi connectivity index (χ4n) is 1.64. The van der Waals surface area contributed by atoms with Crippen molar-refractivity contribution >= 4 is 5.97 Å². The maximum atomic E-state index is 10.6. The smallest absolute Gasteiger partial charge is 0.307 e. The van der Waals surface area contributed by atoms with E-state index in [1.807, 2.05) is 17.8 Å². The van der Waals surface area contributed by atoms with Crippen molar-refractivity contribution in [1.29, 1.82) is 0 Å². The first kappa shape index (κ1) is 9.24. The zero-order chi connectivity index (χ0) is 10.1. The Hall–Kier alpha value is -1.32. The van der Waals surface area contributed by atoms with Gasteiger partial charge in [0.25, 0.3) is 0 Å². The molecule has 1 aliphatic rings. The number of rotatable bonds is 4. The molecule has 0 aromatic carbocycles. The van der Waals surface area contributed by atoms with E-state index in [9.17, 15) is 4.79 Å². The van der Waals surface area contributed by atoms with Crippen molar-refractivity contribution in [2.45, 2.75) is 38.6 Å². The number of hydrogen-bond acceptors (Lipinski definition) is 2. The Kier molecular flexibility index (Phi) is 2.27. The summed E-state index contributed by atoms with van der Waals surface area (Å²) in [7, 11) is 0. The van der Waals surface area contributed by atoms with E-state index in [0.717, 1.165) is 30.6 Å². The Bertz CT molecular complexity index is 353. The third kappa shape index (κ3) is 1.78. The van der Waals surface area contributed by atoms with E-state index in [-0.39, 0.29) is 6.42 Å².